The zero-order valence-electron chi connectivity index (χ0n) is 13.6. The van der Waals surface area contributed by atoms with Gasteiger partial charge in [-0.15, -0.1) is 0 Å². The Kier molecular flexibility index (Phi) is 5.59. The summed E-state index contributed by atoms with van der Waals surface area (Å²) in [6.07, 6.45) is 3.46. The van der Waals surface area contributed by atoms with Crippen molar-refractivity contribution in [2.24, 2.45) is 4.99 Å². The van der Waals surface area contributed by atoms with Crippen LogP contribution in [0.25, 0.3) is 0 Å². The summed E-state index contributed by atoms with van der Waals surface area (Å²) in [5.74, 6) is -0.152. The van der Waals surface area contributed by atoms with Gasteiger partial charge in [0.1, 0.15) is 5.71 Å². The number of hydrogen-bond acceptors (Lipinski definition) is 3. The second-order valence-electron chi connectivity index (χ2n) is 5.83. The molecule has 0 saturated carbocycles. The van der Waals surface area contributed by atoms with Crippen molar-refractivity contribution in [2.75, 3.05) is 4.90 Å². The van der Waals surface area contributed by atoms with Gasteiger partial charge in [0.25, 0.3) is 5.91 Å². The average molecular weight is 398 g/mol. The number of halogens is 2. The number of rotatable bonds is 3. The normalized spacial score (nSPS) is 14.2. The van der Waals surface area contributed by atoms with Gasteiger partial charge in [-0.05, 0) is 35.9 Å². The molecule has 4 nitrogen and oxygen atoms in total. The number of benzene rings is 2. The molecule has 0 radical (unpaired) electrons. The van der Waals surface area contributed by atoms with Gasteiger partial charge in [-0.2, -0.15) is 0 Å². The van der Waals surface area contributed by atoms with E-state index in [1.807, 2.05) is 36.4 Å². The van der Waals surface area contributed by atoms with Crippen molar-refractivity contribution < 1.29 is 4.79 Å². The number of carbonyl (C=O) groups is 1. The number of pyridine rings is 1. The first-order valence-corrected chi connectivity index (χ1v) is 8.73. The molecule has 0 atom stereocenters. The maximum atomic E-state index is 13.0. The molecule has 2 aromatic carbocycles. The molecule has 136 valence electrons. The molecular formula is C21H17Cl2N3O. The van der Waals surface area contributed by atoms with E-state index >= 15 is 0 Å². The predicted octanol–water partition coefficient (Wildman–Crippen LogP) is 5.69. The fraction of sp³-hybridized carbons (Fsp3) is 0.0952. The molecule has 0 unspecified atom stereocenters. The van der Waals surface area contributed by atoms with E-state index in [9.17, 15) is 4.79 Å². The largest absolute Gasteiger partial charge is 0.302 e. The van der Waals surface area contributed by atoms with Gasteiger partial charge in [-0.3, -0.25) is 9.78 Å². The van der Waals surface area contributed by atoms with Crippen molar-refractivity contribution in [3.8, 4) is 0 Å². The van der Waals surface area contributed by atoms with E-state index in [4.69, 9.17) is 23.2 Å². The first-order valence-electron chi connectivity index (χ1n) is 7.97. The minimum atomic E-state index is -0.152. The van der Waals surface area contributed by atoms with E-state index in [-0.39, 0.29) is 13.3 Å². The molecule has 2 heterocycles. The first kappa shape index (κ1) is 19.1. The topological polar surface area (TPSA) is 45.6 Å². The molecule has 4 rings (SSSR count). The fourth-order valence-electron chi connectivity index (χ4n) is 2.88. The van der Waals surface area contributed by atoms with Crippen molar-refractivity contribution in [2.45, 2.75) is 14.0 Å². The summed E-state index contributed by atoms with van der Waals surface area (Å²) in [5.41, 5.74) is 3.56. The minimum Gasteiger partial charge on any atom is -0.302 e. The van der Waals surface area contributed by atoms with Crippen LogP contribution < -0.4 is 4.90 Å². The Morgan fingerprint density at radius 2 is 1.81 bits per heavy atom. The van der Waals surface area contributed by atoms with Crippen LogP contribution in [-0.2, 0) is 11.3 Å². The molecule has 27 heavy (non-hydrogen) atoms. The van der Waals surface area contributed by atoms with E-state index in [0.717, 1.165) is 16.8 Å². The Morgan fingerprint density at radius 1 is 1.00 bits per heavy atom. The van der Waals surface area contributed by atoms with Crippen LogP contribution in [0.4, 0.5) is 11.4 Å². The average Bonchev–Trinajstić information content (AvgIpc) is 2.92. The van der Waals surface area contributed by atoms with Gasteiger partial charge in [0, 0.05) is 18.0 Å². The maximum Gasteiger partial charge on any atom is 0.277 e. The molecule has 1 aliphatic heterocycles. The maximum absolute atomic E-state index is 13.0. The summed E-state index contributed by atoms with van der Waals surface area (Å²) in [5, 5.41) is 0.853. The molecule has 3 aromatic rings. The molecule has 1 aliphatic rings. The van der Waals surface area contributed by atoms with Crippen LogP contribution in [0.15, 0.2) is 72.0 Å². The van der Waals surface area contributed by atoms with Crippen LogP contribution in [0.5, 0.6) is 0 Å². The van der Waals surface area contributed by atoms with Crippen molar-refractivity contribution in [1.82, 2.24) is 4.98 Å². The van der Waals surface area contributed by atoms with Crippen LogP contribution in [0, 0.1) is 0 Å². The standard InChI is InChI=1S/C20H13Cl2N3O.CH4/c21-16-8-7-14(10-17(16)22)24-19-15-5-1-2-6-18(15)25(20(19)26)12-13-4-3-9-23-11-13;/h1-11H,12H2;1H4. The van der Waals surface area contributed by atoms with E-state index in [2.05, 4.69) is 9.98 Å². The molecule has 1 aromatic heterocycles. The molecular weight excluding hydrogens is 381 g/mol. The molecule has 1 amide bonds. The van der Waals surface area contributed by atoms with Crippen molar-refractivity contribution in [3.05, 3.63) is 88.2 Å². The van der Waals surface area contributed by atoms with Gasteiger partial charge < -0.3 is 4.90 Å². The second-order valence-corrected chi connectivity index (χ2v) is 6.64. The van der Waals surface area contributed by atoms with E-state index < -0.39 is 0 Å². The fourth-order valence-corrected chi connectivity index (χ4v) is 3.18. The third-order valence-corrected chi connectivity index (χ3v) is 4.84. The summed E-state index contributed by atoms with van der Waals surface area (Å²) in [4.78, 5) is 23.4. The van der Waals surface area contributed by atoms with E-state index in [1.54, 1.807) is 35.5 Å². The molecule has 0 aliphatic carbocycles. The number of carbonyl (C=O) groups excluding carboxylic acids is 1. The van der Waals surface area contributed by atoms with E-state index in [1.165, 1.54) is 0 Å². The zero-order chi connectivity index (χ0) is 18.1. The summed E-state index contributed by atoms with van der Waals surface area (Å²) < 4.78 is 0. The van der Waals surface area contributed by atoms with Crippen LogP contribution in [0.2, 0.25) is 10.0 Å². The first-order chi connectivity index (χ1) is 12.6. The van der Waals surface area contributed by atoms with Gasteiger partial charge in [0.15, 0.2) is 0 Å². The Bertz CT molecular complexity index is 1020. The lowest BCUT2D eigenvalue weighted by molar-refractivity contribution is -0.112. The number of aromatic nitrogens is 1. The summed E-state index contributed by atoms with van der Waals surface area (Å²) in [6, 6.07) is 16.5. The number of aliphatic imine (C=N–C) groups is 1. The Morgan fingerprint density at radius 3 is 2.56 bits per heavy atom. The monoisotopic (exact) mass is 397 g/mol. The lowest BCUT2D eigenvalue weighted by atomic mass is 10.1. The summed E-state index contributed by atoms with van der Waals surface area (Å²) in [6.45, 7) is 0.435. The molecule has 0 bridgehead atoms. The lowest BCUT2D eigenvalue weighted by Gasteiger charge is -2.16. The predicted molar refractivity (Wildman–Crippen MR) is 111 cm³/mol. The number of amides is 1. The van der Waals surface area contributed by atoms with E-state index in [0.29, 0.717) is 28.0 Å². The SMILES string of the molecule is C.O=C1C(=Nc2ccc(Cl)c(Cl)c2)c2ccccc2N1Cc1cccnc1. The number of fused-ring (bicyclic) bond motifs is 1. The van der Waals surface area contributed by atoms with Crippen molar-refractivity contribution in [3.63, 3.8) is 0 Å². The molecule has 0 spiro atoms. The molecule has 0 saturated heterocycles. The molecule has 6 heteroatoms. The smallest absolute Gasteiger partial charge is 0.277 e. The quantitative estimate of drug-likeness (QED) is 0.569. The Balaban J connectivity index is 0.00000210. The van der Waals surface area contributed by atoms with Crippen molar-refractivity contribution >= 4 is 46.2 Å². The van der Waals surface area contributed by atoms with Crippen molar-refractivity contribution in [1.29, 1.82) is 0 Å². The minimum absolute atomic E-state index is 0. The molecule has 0 N–H and O–H groups in total. The van der Waals surface area contributed by atoms with Gasteiger partial charge in [-0.25, -0.2) is 4.99 Å². The van der Waals surface area contributed by atoms with Gasteiger partial charge >= 0.3 is 0 Å². The van der Waals surface area contributed by atoms with Gasteiger partial charge in [0.05, 0.1) is 28.0 Å². The highest BCUT2D eigenvalue weighted by Crippen LogP contribution is 2.33. The number of para-hydroxylation sites is 1. The van der Waals surface area contributed by atoms with Crippen LogP contribution in [0.1, 0.15) is 18.6 Å². The third kappa shape index (κ3) is 3.72. The Labute approximate surface area is 168 Å². The lowest BCUT2D eigenvalue weighted by Crippen LogP contribution is -2.29. The third-order valence-electron chi connectivity index (χ3n) is 4.11. The number of hydrogen-bond donors (Lipinski definition) is 0. The molecule has 0 fully saturated rings. The number of nitrogens with zero attached hydrogens (tertiary/aromatic N) is 3. The highest BCUT2D eigenvalue weighted by molar-refractivity contribution is 6.54. The van der Waals surface area contributed by atoms with Crippen LogP contribution in [-0.4, -0.2) is 16.6 Å². The summed E-state index contributed by atoms with van der Waals surface area (Å²) >= 11 is 12.0. The van der Waals surface area contributed by atoms with Gasteiger partial charge in [-0.1, -0.05) is 54.9 Å². The van der Waals surface area contributed by atoms with Crippen LogP contribution in [0.3, 0.4) is 0 Å². The highest BCUT2D eigenvalue weighted by atomic mass is 35.5. The highest BCUT2D eigenvalue weighted by Gasteiger charge is 2.33. The van der Waals surface area contributed by atoms with Crippen LogP contribution >= 0.6 is 23.2 Å². The second kappa shape index (κ2) is 7.91. The Hall–Kier alpha value is -2.69. The zero-order valence-corrected chi connectivity index (χ0v) is 15.1. The summed E-state index contributed by atoms with van der Waals surface area (Å²) in [7, 11) is 0. The van der Waals surface area contributed by atoms with Gasteiger partial charge in [0.2, 0.25) is 0 Å². The number of anilines is 1.